The maximum Gasteiger partial charge on any atom is 0.258 e. The van der Waals surface area contributed by atoms with Gasteiger partial charge in [-0.05, 0) is 81.4 Å². The van der Waals surface area contributed by atoms with Gasteiger partial charge in [0.1, 0.15) is 0 Å². The van der Waals surface area contributed by atoms with Crippen LogP contribution < -0.4 is 14.9 Å². The SMILES string of the molecule is CC(=O)N(c1ccc(C(=O)N2CCCC(N(C)C)c3ccccc32)cc1)N(C)c1ccccc1C. The molecule has 0 N–H and O–H groups in total. The third-order valence-electron chi connectivity index (χ3n) is 6.74. The number of benzene rings is 3. The van der Waals surface area contributed by atoms with E-state index < -0.39 is 0 Å². The highest BCUT2D eigenvalue weighted by molar-refractivity contribution is 6.07. The molecule has 6 nitrogen and oxygen atoms in total. The second-order valence-corrected chi connectivity index (χ2v) is 9.33. The number of aryl methyl sites for hydroxylation is 1. The van der Waals surface area contributed by atoms with Crippen LogP contribution in [0, 0.1) is 6.92 Å². The molecule has 0 saturated carbocycles. The molecular formula is C29H34N4O2. The van der Waals surface area contributed by atoms with Crippen molar-refractivity contribution in [1.29, 1.82) is 0 Å². The summed E-state index contributed by atoms with van der Waals surface area (Å²) in [6, 6.07) is 23.7. The van der Waals surface area contributed by atoms with Crippen LogP contribution in [0.3, 0.4) is 0 Å². The number of carbonyl (C=O) groups excluding carboxylic acids is 2. The van der Waals surface area contributed by atoms with Crippen LogP contribution in [0.15, 0.2) is 72.8 Å². The molecule has 0 fully saturated rings. The zero-order chi connectivity index (χ0) is 25.1. The Bertz CT molecular complexity index is 1210. The quantitative estimate of drug-likeness (QED) is 0.466. The van der Waals surface area contributed by atoms with E-state index in [1.165, 1.54) is 5.56 Å². The van der Waals surface area contributed by atoms with Crippen molar-refractivity contribution in [3.8, 4) is 0 Å². The number of para-hydroxylation sites is 2. The fourth-order valence-electron chi connectivity index (χ4n) is 4.98. The summed E-state index contributed by atoms with van der Waals surface area (Å²) in [6.45, 7) is 4.24. The highest BCUT2D eigenvalue weighted by atomic mass is 16.2. The lowest BCUT2D eigenvalue weighted by Gasteiger charge is -2.33. The Morgan fingerprint density at radius 2 is 1.54 bits per heavy atom. The van der Waals surface area contributed by atoms with Crippen molar-refractivity contribution in [2.45, 2.75) is 32.7 Å². The minimum absolute atomic E-state index is 0.0231. The first-order valence-electron chi connectivity index (χ1n) is 12.1. The molecule has 0 bridgehead atoms. The Labute approximate surface area is 208 Å². The van der Waals surface area contributed by atoms with Crippen LogP contribution in [-0.2, 0) is 4.79 Å². The predicted molar refractivity (Wildman–Crippen MR) is 143 cm³/mol. The van der Waals surface area contributed by atoms with Crippen molar-refractivity contribution >= 4 is 28.9 Å². The van der Waals surface area contributed by atoms with Gasteiger partial charge >= 0.3 is 0 Å². The van der Waals surface area contributed by atoms with Crippen LogP contribution in [0.4, 0.5) is 17.1 Å². The Morgan fingerprint density at radius 1 is 0.886 bits per heavy atom. The predicted octanol–water partition coefficient (Wildman–Crippen LogP) is 5.44. The molecule has 0 saturated heterocycles. The summed E-state index contributed by atoms with van der Waals surface area (Å²) < 4.78 is 0. The van der Waals surface area contributed by atoms with Gasteiger partial charge in [-0.15, -0.1) is 0 Å². The first-order valence-corrected chi connectivity index (χ1v) is 12.1. The molecule has 35 heavy (non-hydrogen) atoms. The number of fused-ring (bicyclic) bond motifs is 1. The van der Waals surface area contributed by atoms with Crippen molar-refractivity contribution in [3.05, 3.63) is 89.5 Å². The molecule has 6 heteroatoms. The van der Waals surface area contributed by atoms with Crippen molar-refractivity contribution in [3.63, 3.8) is 0 Å². The summed E-state index contributed by atoms with van der Waals surface area (Å²) in [4.78, 5) is 30.4. The second kappa shape index (κ2) is 10.3. The third kappa shape index (κ3) is 4.93. The number of amides is 2. The molecule has 1 heterocycles. The maximum atomic E-state index is 13.6. The Morgan fingerprint density at radius 3 is 2.20 bits per heavy atom. The fourth-order valence-corrected chi connectivity index (χ4v) is 4.98. The summed E-state index contributed by atoms with van der Waals surface area (Å²) in [6.07, 6.45) is 1.94. The number of rotatable bonds is 5. The lowest BCUT2D eigenvalue weighted by Crippen LogP contribution is -2.44. The van der Waals surface area contributed by atoms with Crippen LogP contribution in [-0.4, -0.2) is 44.4 Å². The number of carbonyl (C=O) groups is 2. The van der Waals surface area contributed by atoms with Crippen molar-refractivity contribution in [2.75, 3.05) is 42.6 Å². The van der Waals surface area contributed by atoms with Gasteiger partial charge in [-0.25, -0.2) is 5.01 Å². The minimum Gasteiger partial charge on any atom is -0.308 e. The summed E-state index contributed by atoms with van der Waals surface area (Å²) in [7, 11) is 6.05. The molecule has 1 aliphatic heterocycles. The standard InChI is InChI=1S/C29H34N4O2/c1-21-11-6-8-13-26(21)31(5)33(22(2)34)24-18-16-23(17-19-24)29(35)32-20-10-15-27(30(3)4)25-12-7-9-14-28(25)32/h6-9,11-14,16-19,27H,10,15,20H2,1-5H3. The molecule has 0 spiro atoms. The smallest absolute Gasteiger partial charge is 0.258 e. The van der Waals surface area contributed by atoms with Gasteiger partial charge in [0.15, 0.2) is 0 Å². The second-order valence-electron chi connectivity index (χ2n) is 9.33. The van der Waals surface area contributed by atoms with Gasteiger partial charge in [0, 0.05) is 37.8 Å². The van der Waals surface area contributed by atoms with Crippen molar-refractivity contribution in [1.82, 2.24) is 4.90 Å². The molecule has 1 unspecified atom stereocenters. The molecule has 0 aromatic heterocycles. The van der Waals surface area contributed by atoms with Crippen molar-refractivity contribution < 1.29 is 9.59 Å². The largest absolute Gasteiger partial charge is 0.308 e. The summed E-state index contributed by atoms with van der Waals surface area (Å²) in [5.41, 5.74) is 5.49. The molecule has 3 aromatic carbocycles. The van der Waals surface area contributed by atoms with E-state index in [0.717, 1.165) is 29.8 Å². The van der Waals surface area contributed by atoms with Crippen LogP contribution >= 0.6 is 0 Å². The molecule has 0 radical (unpaired) electrons. The number of anilines is 3. The molecule has 1 aliphatic rings. The van der Waals surface area contributed by atoms with E-state index in [-0.39, 0.29) is 17.9 Å². The van der Waals surface area contributed by atoms with Crippen LogP contribution in [0.1, 0.15) is 47.3 Å². The van der Waals surface area contributed by atoms with E-state index in [4.69, 9.17) is 0 Å². The average Bonchev–Trinajstić information content (AvgIpc) is 3.04. The highest BCUT2D eigenvalue weighted by Gasteiger charge is 2.28. The van der Waals surface area contributed by atoms with Crippen molar-refractivity contribution in [2.24, 2.45) is 0 Å². The van der Waals surface area contributed by atoms with E-state index in [1.54, 1.807) is 11.9 Å². The summed E-state index contributed by atoms with van der Waals surface area (Å²) in [5, 5.41) is 3.47. The van der Waals surface area contributed by atoms with Gasteiger partial charge in [-0.1, -0.05) is 36.4 Å². The number of nitrogens with zero attached hydrogens (tertiary/aromatic N) is 4. The third-order valence-corrected chi connectivity index (χ3v) is 6.74. The molecule has 4 rings (SSSR count). The molecule has 1 atom stereocenters. The van der Waals surface area contributed by atoms with E-state index in [2.05, 4.69) is 25.1 Å². The lowest BCUT2D eigenvalue weighted by molar-refractivity contribution is -0.116. The zero-order valence-corrected chi connectivity index (χ0v) is 21.2. The number of hydrogen-bond donors (Lipinski definition) is 0. The fraction of sp³-hybridized carbons (Fsp3) is 0.310. The van der Waals surface area contributed by atoms with E-state index in [1.807, 2.05) is 90.6 Å². The molecule has 182 valence electrons. The maximum absolute atomic E-state index is 13.6. The van der Waals surface area contributed by atoms with Crippen LogP contribution in [0.5, 0.6) is 0 Å². The topological polar surface area (TPSA) is 47.1 Å². The lowest BCUT2D eigenvalue weighted by atomic mass is 10.0. The van der Waals surface area contributed by atoms with Gasteiger partial charge in [0.25, 0.3) is 5.91 Å². The summed E-state index contributed by atoms with van der Waals surface area (Å²) in [5.74, 6) is -0.129. The first-order chi connectivity index (χ1) is 16.8. The van der Waals surface area contributed by atoms with Gasteiger partial charge in [0.05, 0.1) is 11.4 Å². The van der Waals surface area contributed by atoms with Gasteiger partial charge in [-0.2, -0.15) is 0 Å². The normalized spacial score (nSPS) is 15.4. The van der Waals surface area contributed by atoms with E-state index in [0.29, 0.717) is 17.8 Å². The first kappa shape index (κ1) is 24.5. The zero-order valence-electron chi connectivity index (χ0n) is 21.2. The monoisotopic (exact) mass is 470 g/mol. The number of hydrazine groups is 1. The Kier molecular flexibility index (Phi) is 7.22. The van der Waals surface area contributed by atoms with Gasteiger partial charge < -0.3 is 9.80 Å². The minimum atomic E-state index is -0.106. The Hall–Kier alpha value is -3.64. The highest BCUT2D eigenvalue weighted by Crippen LogP contribution is 2.36. The molecule has 0 aliphatic carbocycles. The van der Waals surface area contributed by atoms with Crippen LogP contribution in [0.25, 0.3) is 0 Å². The number of hydrogen-bond acceptors (Lipinski definition) is 4. The van der Waals surface area contributed by atoms with E-state index in [9.17, 15) is 9.59 Å². The van der Waals surface area contributed by atoms with Gasteiger partial charge in [0.2, 0.25) is 5.91 Å². The average molecular weight is 471 g/mol. The Balaban J connectivity index is 1.63. The van der Waals surface area contributed by atoms with E-state index >= 15 is 0 Å². The van der Waals surface area contributed by atoms with Gasteiger partial charge in [-0.3, -0.25) is 14.6 Å². The molecule has 2 amide bonds. The summed E-state index contributed by atoms with van der Waals surface area (Å²) >= 11 is 0. The molecular weight excluding hydrogens is 436 g/mol. The molecule has 3 aromatic rings. The van der Waals surface area contributed by atoms with Crippen LogP contribution in [0.2, 0.25) is 0 Å².